The summed E-state index contributed by atoms with van der Waals surface area (Å²) in [5.41, 5.74) is 2.35. The molecule has 0 spiro atoms. The SMILES string of the molecule is COc1ccc2c(c1)[C@@H](NC(=O)[C@H](C)Oc1cc(C)c(Cl)c(C)c1)CC(C)(C)O2. The average Bonchev–Trinajstić information content (AvgIpc) is 2.64. The number of rotatable bonds is 5. The first kappa shape index (κ1) is 21.3. The first-order valence-corrected chi connectivity index (χ1v) is 10.1. The molecule has 5 nitrogen and oxygen atoms in total. The lowest BCUT2D eigenvalue weighted by molar-refractivity contribution is -0.128. The molecule has 1 amide bonds. The second-order valence-electron chi connectivity index (χ2n) is 8.16. The molecule has 0 unspecified atom stereocenters. The number of fused-ring (bicyclic) bond motifs is 1. The molecule has 0 radical (unpaired) electrons. The summed E-state index contributed by atoms with van der Waals surface area (Å²) in [5.74, 6) is 1.92. The van der Waals surface area contributed by atoms with Crippen molar-refractivity contribution >= 4 is 17.5 Å². The minimum absolute atomic E-state index is 0.188. The van der Waals surface area contributed by atoms with Gasteiger partial charge < -0.3 is 19.5 Å². The zero-order valence-electron chi connectivity index (χ0n) is 17.8. The van der Waals surface area contributed by atoms with Gasteiger partial charge in [-0.05, 0) is 76.1 Å². The highest BCUT2D eigenvalue weighted by molar-refractivity contribution is 6.32. The van der Waals surface area contributed by atoms with E-state index in [-0.39, 0.29) is 11.9 Å². The summed E-state index contributed by atoms with van der Waals surface area (Å²) >= 11 is 6.22. The maximum Gasteiger partial charge on any atom is 0.261 e. The van der Waals surface area contributed by atoms with E-state index in [1.165, 1.54) is 0 Å². The van der Waals surface area contributed by atoms with Crippen LogP contribution in [-0.4, -0.2) is 24.7 Å². The smallest absolute Gasteiger partial charge is 0.261 e. The molecule has 3 rings (SSSR count). The number of hydrogen-bond acceptors (Lipinski definition) is 4. The summed E-state index contributed by atoms with van der Waals surface area (Å²) in [7, 11) is 1.62. The van der Waals surface area contributed by atoms with Gasteiger partial charge >= 0.3 is 0 Å². The Kier molecular flexibility index (Phi) is 5.99. The Morgan fingerprint density at radius 2 is 1.86 bits per heavy atom. The van der Waals surface area contributed by atoms with Crippen molar-refractivity contribution in [3.8, 4) is 17.2 Å². The van der Waals surface area contributed by atoms with Crippen LogP contribution >= 0.6 is 11.6 Å². The lowest BCUT2D eigenvalue weighted by Crippen LogP contribution is -2.44. The topological polar surface area (TPSA) is 56.8 Å². The van der Waals surface area contributed by atoms with Gasteiger partial charge in [-0.15, -0.1) is 0 Å². The molecule has 29 heavy (non-hydrogen) atoms. The van der Waals surface area contributed by atoms with E-state index in [1.54, 1.807) is 14.0 Å². The highest BCUT2D eigenvalue weighted by Gasteiger charge is 2.35. The van der Waals surface area contributed by atoms with E-state index in [9.17, 15) is 4.79 Å². The standard InChI is InChI=1S/C23H28ClNO4/c1-13-9-17(10-14(2)21(13)24)28-15(3)22(26)25-19-12-23(4,5)29-20-8-7-16(27-6)11-18(19)20/h7-11,15,19H,12H2,1-6H3,(H,25,26)/t15-,19-/m0/s1. The molecule has 0 bridgehead atoms. The summed E-state index contributed by atoms with van der Waals surface area (Å²) in [6.45, 7) is 9.60. The second kappa shape index (κ2) is 8.15. The summed E-state index contributed by atoms with van der Waals surface area (Å²) in [5, 5.41) is 3.83. The van der Waals surface area contributed by atoms with Gasteiger partial charge in [-0.2, -0.15) is 0 Å². The number of halogens is 1. The third-order valence-corrected chi connectivity index (χ3v) is 5.68. The highest BCUT2D eigenvalue weighted by atomic mass is 35.5. The maximum atomic E-state index is 12.9. The molecule has 1 aliphatic rings. The van der Waals surface area contributed by atoms with Crippen LogP contribution in [0.2, 0.25) is 5.02 Å². The maximum absolute atomic E-state index is 12.9. The Bertz CT molecular complexity index is 902. The Morgan fingerprint density at radius 3 is 2.48 bits per heavy atom. The van der Waals surface area contributed by atoms with Crippen molar-refractivity contribution in [2.75, 3.05) is 7.11 Å². The van der Waals surface area contributed by atoms with Crippen LogP contribution in [-0.2, 0) is 4.79 Å². The second-order valence-corrected chi connectivity index (χ2v) is 8.54. The number of ether oxygens (including phenoxy) is 3. The largest absolute Gasteiger partial charge is 0.497 e. The Balaban J connectivity index is 1.77. The first-order valence-electron chi connectivity index (χ1n) is 9.70. The molecule has 1 heterocycles. The number of carbonyl (C=O) groups is 1. The number of nitrogens with one attached hydrogen (secondary N) is 1. The van der Waals surface area contributed by atoms with E-state index in [4.69, 9.17) is 25.8 Å². The van der Waals surface area contributed by atoms with Crippen molar-refractivity contribution in [1.29, 1.82) is 0 Å². The summed E-state index contributed by atoms with van der Waals surface area (Å²) in [6, 6.07) is 9.14. The van der Waals surface area contributed by atoms with Gasteiger partial charge in [0.1, 0.15) is 22.8 Å². The van der Waals surface area contributed by atoms with Crippen LogP contribution in [0.1, 0.15) is 49.9 Å². The number of hydrogen-bond donors (Lipinski definition) is 1. The van der Waals surface area contributed by atoms with Crippen molar-refractivity contribution in [2.24, 2.45) is 0 Å². The molecule has 0 saturated carbocycles. The van der Waals surface area contributed by atoms with Gasteiger partial charge in [0.15, 0.2) is 6.10 Å². The van der Waals surface area contributed by atoms with Crippen LogP contribution in [0.5, 0.6) is 17.2 Å². The molecule has 2 aromatic rings. The van der Waals surface area contributed by atoms with E-state index in [1.807, 2.05) is 58.0 Å². The number of carbonyl (C=O) groups excluding carboxylic acids is 1. The summed E-state index contributed by atoms with van der Waals surface area (Å²) in [4.78, 5) is 12.9. The minimum atomic E-state index is -0.657. The van der Waals surface area contributed by atoms with Crippen molar-refractivity contribution < 1.29 is 19.0 Å². The number of amides is 1. The van der Waals surface area contributed by atoms with Crippen LogP contribution in [0.15, 0.2) is 30.3 Å². The first-order chi connectivity index (χ1) is 13.6. The van der Waals surface area contributed by atoms with Crippen LogP contribution in [0, 0.1) is 13.8 Å². The summed E-state index contributed by atoms with van der Waals surface area (Å²) < 4.78 is 17.3. The lowest BCUT2D eigenvalue weighted by Gasteiger charge is -2.38. The predicted molar refractivity (Wildman–Crippen MR) is 114 cm³/mol. The molecule has 156 valence electrons. The predicted octanol–water partition coefficient (Wildman–Crippen LogP) is 5.15. The molecule has 0 aliphatic carbocycles. The molecule has 0 fully saturated rings. The number of benzene rings is 2. The lowest BCUT2D eigenvalue weighted by atomic mass is 9.89. The molecule has 0 saturated heterocycles. The minimum Gasteiger partial charge on any atom is -0.497 e. The van der Waals surface area contributed by atoms with E-state index in [0.717, 1.165) is 28.2 Å². The van der Waals surface area contributed by atoms with E-state index >= 15 is 0 Å². The van der Waals surface area contributed by atoms with Crippen molar-refractivity contribution in [3.05, 3.63) is 52.0 Å². The van der Waals surface area contributed by atoms with Crippen LogP contribution in [0.25, 0.3) is 0 Å². The Labute approximate surface area is 177 Å². The molecule has 1 aliphatic heterocycles. The van der Waals surface area contributed by atoms with Gasteiger partial charge in [0.25, 0.3) is 5.91 Å². The Hall–Kier alpha value is -2.40. The van der Waals surface area contributed by atoms with Gasteiger partial charge in [0, 0.05) is 17.0 Å². The van der Waals surface area contributed by atoms with E-state index < -0.39 is 11.7 Å². The van der Waals surface area contributed by atoms with Crippen molar-refractivity contribution in [2.45, 2.75) is 58.8 Å². The normalized spacial score (nSPS) is 18.2. The fourth-order valence-electron chi connectivity index (χ4n) is 3.61. The fraction of sp³-hybridized carbons (Fsp3) is 0.435. The van der Waals surface area contributed by atoms with Gasteiger partial charge in [-0.25, -0.2) is 0 Å². The molecule has 2 aromatic carbocycles. The van der Waals surface area contributed by atoms with Gasteiger partial charge in [0.05, 0.1) is 13.2 Å². The average molecular weight is 418 g/mol. The van der Waals surface area contributed by atoms with Crippen molar-refractivity contribution in [3.63, 3.8) is 0 Å². The zero-order valence-corrected chi connectivity index (χ0v) is 18.5. The van der Waals surface area contributed by atoms with Gasteiger partial charge in [0.2, 0.25) is 0 Å². The summed E-state index contributed by atoms with van der Waals surface area (Å²) in [6.07, 6.45) is -0.0138. The Morgan fingerprint density at radius 1 is 1.21 bits per heavy atom. The van der Waals surface area contributed by atoms with Crippen LogP contribution in [0.4, 0.5) is 0 Å². The van der Waals surface area contributed by atoms with Gasteiger partial charge in [-0.1, -0.05) is 11.6 Å². The molecular weight excluding hydrogens is 390 g/mol. The third kappa shape index (κ3) is 4.78. The van der Waals surface area contributed by atoms with Crippen LogP contribution in [0.3, 0.4) is 0 Å². The zero-order chi connectivity index (χ0) is 21.3. The van der Waals surface area contributed by atoms with E-state index in [0.29, 0.717) is 17.2 Å². The number of methoxy groups -OCH3 is 1. The quantitative estimate of drug-likeness (QED) is 0.730. The third-order valence-electron chi connectivity index (χ3n) is 5.08. The molecule has 6 heteroatoms. The fourth-order valence-corrected chi connectivity index (χ4v) is 3.72. The highest BCUT2D eigenvalue weighted by Crippen LogP contribution is 2.41. The van der Waals surface area contributed by atoms with E-state index in [2.05, 4.69) is 5.32 Å². The molecule has 2 atom stereocenters. The number of aryl methyl sites for hydroxylation is 2. The van der Waals surface area contributed by atoms with Crippen molar-refractivity contribution in [1.82, 2.24) is 5.32 Å². The molecule has 1 N–H and O–H groups in total. The molecular formula is C23H28ClNO4. The monoisotopic (exact) mass is 417 g/mol. The van der Waals surface area contributed by atoms with Crippen LogP contribution < -0.4 is 19.5 Å². The molecule has 0 aromatic heterocycles. The van der Waals surface area contributed by atoms with Gasteiger partial charge in [-0.3, -0.25) is 4.79 Å².